The van der Waals surface area contributed by atoms with Crippen LogP contribution < -0.4 is 5.48 Å². The van der Waals surface area contributed by atoms with Crippen molar-refractivity contribution in [1.82, 2.24) is 10.4 Å². The Morgan fingerprint density at radius 2 is 1.78 bits per heavy atom. The maximum Gasteiger partial charge on any atom is 0.307 e. The van der Waals surface area contributed by atoms with Crippen molar-refractivity contribution < 1.29 is 24.7 Å². The van der Waals surface area contributed by atoms with Crippen molar-refractivity contribution in [2.24, 2.45) is 11.8 Å². The van der Waals surface area contributed by atoms with Crippen LogP contribution in [0.5, 0.6) is 0 Å². The Labute approximate surface area is 105 Å². The first kappa shape index (κ1) is 14.4. The molecule has 0 aromatic heterocycles. The predicted octanol–water partition coefficient (Wildman–Crippen LogP) is -0.159. The highest BCUT2D eigenvalue weighted by atomic mass is 16.5. The van der Waals surface area contributed by atoms with Gasteiger partial charge in [-0.2, -0.15) is 0 Å². The Hall–Kier alpha value is -1.63. The molecule has 1 saturated carbocycles. The van der Waals surface area contributed by atoms with Gasteiger partial charge in [-0.25, -0.2) is 5.48 Å². The van der Waals surface area contributed by atoms with Gasteiger partial charge in [-0.05, 0) is 12.8 Å². The Kier molecular flexibility index (Phi) is 5.08. The van der Waals surface area contributed by atoms with Gasteiger partial charge in [0.1, 0.15) is 6.54 Å². The van der Waals surface area contributed by atoms with Gasteiger partial charge >= 0.3 is 5.97 Å². The third kappa shape index (κ3) is 3.43. The minimum absolute atomic E-state index is 0.280. The van der Waals surface area contributed by atoms with Crippen LogP contribution in [0.25, 0.3) is 0 Å². The number of nitrogens with zero attached hydrogens (tertiary/aromatic N) is 1. The molecule has 0 aliphatic heterocycles. The van der Waals surface area contributed by atoms with Crippen molar-refractivity contribution >= 4 is 17.8 Å². The van der Waals surface area contributed by atoms with E-state index in [-0.39, 0.29) is 12.5 Å². The first-order valence-electron chi connectivity index (χ1n) is 5.88. The molecular weight excluding hydrogens is 240 g/mol. The SMILES string of the molecule is CN(CC(=O)NO)C(=O)[C@H]1CCCC[C@H]1C(=O)O. The molecule has 2 atom stereocenters. The van der Waals surface area contributed by atoms with Gasteiger partial charge in [-0.1, -0.05) is 12.8 Å². The number of hydrogen-bond acceptors (Lipinski definition) is 4. The highest BCUT2D eigenvalue weighted by molar-refractivity contribution is 5.88. The summed E-state index contributed by atoms with van der Waals surface area (Å²) in [5.41, 5.74) is 1.44. The maximum absolute atomic E-state index is 12.1. The predicted molar refractivity (Wildman–Crippen MR) is 60.7 cm³/mol. The number of carbonyl (C=O) groups is 3. The molecule has 7 nitrogen and oxygen atoms in total. The summed E-state index contributed by atoms with van der Waals surface area (Å²) in [5.74, 6) is -3.27. The summed E-state index contributed by atoms with van der Waals surface area (Å²) in [5, 5.41) is 17.5. The molecule has 0 saturated heterocycles. The number of carbonyl (C=O) groups excluding carboxylic acids is 2. The average Bonchev–Trinajstić information content (AvgIpc) is 2.37. The maximum atomic E-state index is 12.1. The fourth-order valence-corrected chi connectivity index (χ4v) is 2.33. The first-order valence-corrected chi connectivity index (χ1v) is 5.88. The van der Waals surface area contributed by atoms with E-state index in [1.165, 1.54) is 12.5 Å². The van der Waals surface area contributed by atoms with Crippen molar-refractivity contribution in [3.05, 3.63) is 0 Å². The van der Waals surface area contributed by atoms with E-state index in [2.05, 4.69) is 0 Å². The van der Waals surface area contributed by atoms with Gasteiger partial charge in [0.15, 0.2) is 0 Å². The highest BCUT2D eigenvalue weighted by Gasteiger charge is 2.37. The largest absolute Gasteiger partial charge is 0.481 e. The fourth-order valence-electron chi connectivity index (χ4n) is 2.33. The lowest BCUT2D eigenvalue weighted by Gasteiger charge is -2.30. The first-order chi connectivity index (χ1) is 8.47. The van der Waals surface area contributed by atoms with Crippen molar-refractivity contribution in [3.8, 4) is 0 Å². The van der Waals surface area contributed by atoms with E-state index in [4.69, 9.17) is 10.3 Å². The lowest BCUT2D eigenvalue weighted by molar-refractivity contribution is -0.152. The number of amides is 2. The van der Waals surface area contributed by atoms with Crippen molar-refractivity contribution in [1.29, 1.82) is 0 Å². The minimum atomic E-state index is -0.965. The van der Waals surface area contributed by atoms with Crippen LogP contribution in [0.3, 0.4) is 0 Å². The Morgan fingerprint density at radius 1 is 1.22 bits per heavy atom. The molecule has 18 heavy (non-hydrogen) atoms. The molecule has 2 amide bonds. The fraction of sp³-hybridized carbons (Fsp3) is 0.727. The summed E-state index contributed by atoms with van der Waals surface area (Å²) < 4.78 is 0. The normalized spacial score (nSPS) is 23.2. The number of aliphatic carboxylic acids is 1. The Balaban J connectivity index is 2.68. The lowest BCUT2D eigenvalue weighted by atomic mass is 9.78. The quantitative estimate of drug-likeness (QED) is 0.480. The molecule has 1 aliphatic rings. The molecule has 1 aliphatic carbocycles. The summed E-state index contributed by atoms with van der Waals surface area (Å²) in [6.45, 7) is -0.280. The molecule has 0 spiro atoms. The molecule has 0 bridgehead atoms. The van der Waals surface area contributed by atoms with E-state index in [0.29, 0.717) is 12.8 Å². The van der Waals surface area contributed by atoms with Crippen molar-refractivity contribution in [2.75, 3.05) is 13.6 Å². The molecule has 1 fully saturated rings. The molecule has 0 aromatic rings. The standard InChI is InChI=1S/C11H18N2O5/c1-13(6-9(14)12-18)10(15)7-4-2-3-5-8(7)11(16)17/h7-8,18H,2-6H2,1H3,(H,12,14)(H,16,17)/t7-,8+/m0/s1. The van der Waals surface area contributed by atoms with Crippen LogP contribution in [0.15, 0.2) is 0 Å². The Bertz CT molecular complexity index is 344. The molecule has 102 valence electrons. The summed E-state index contributed by atoms with van der Waals surface area (Å²) in [7, 11) is 1.42. The van der Waals surface area contributed by atoms with Gasteiger partial charge in [0.2, 0.25) is 5.91 Å². The van der Waals surface area contributed by atoms with Crippen LogP contribution in [0.2, 0.25) is 0 Å². The third-order valence-electron chi connectivity index (χ3n) is 3.28. The molecule has 0 radical (unpaired) electrons. The summed E-state index contributed by atoms with van der Waals surface area (Å²) in [4.78, 5) is 35.2. The van der Waals surface area contributed by atoms with Gasteiger partial charge in [0.25, 0.3) is 5.91 Å². The second-order valence-electron chi connectivity index (χ2n) is 4.56. The molecule has 0 unspecified atom stereocenters. The van der Waals surface area contributed by atoms with E-state index in [0.717, 1.165) is 17.7 Å². The van der Waals surface area contributed by atoms with Gasteiger partial charge < -0.3 is 10.0 Å². The summed E-state index contributed by atoms with van der Waals surface area (Å²) >= 11 is 0. The van der Waals surface area contributed by atoms with E-state index in [1.54, 1.807) is 0 Å². The van der Waals surface area contributed by atoms with Crippen LogP contribution in [0, 0.1) is 11.8 Å². The van der Waals surface area contributed by atoms with Gasteiger partial charge in [-0.15, -0.1) is 0 Å². The van der Waals surface area contributed by atoms with Crippen molar-refractivity contribution in [2.45, 2.75) is 25.7 Å². The zero-order valence-corrected chi connectivity index (χ0v) is 10.3. The van der Waals surface area contributed by atoms with Crippen LogP contribution in [-0.4, -0.2) is 46.6 Å². The van der Waals surface area contributed by atoms with E-state index in [9.17, 15) is 14.4 Å². The van der Waals surface area contributed by atoms with Gasteiger partial charge in [0, 0.05) is 7.05 Å². The van der Waals surface area contributed by atoms with Crippen LogP contribution in [0.1, 0.15) is 25.7 Å². The number of hydrogen-bond donors (Lipinski definition) is 3. The number of rotatable bonds is 4. The average molecular weight is 258 g/mol. The molecule has 1 rings (SSSR count). The lowest BCUT2D eigenvalue weighted by Crippen LogP contribution is -2.44. The number of carboxylic acids is 1. The molecule has 7 heteroatoms. The molecule has 0 aromatic carbocycles. The van der Waals surface area contributed by atoms with Gasteiger partial charge in [0.05, 0.1) is 11.8 Å². The molecule has 3 N–H and O–H groups in total. The highest BCUT2D eigenvalue weighted by Crippen LogP contribution is 2.31. The number of likely N-dealkylation sites (N-methyl/N-ethyl adjacent to an activating group) is 1. The minimum Gasteiger partial charge on any atom is -0.481 e. The molecule has 0 heterocycles. The van der Waals surface area contributed by atoms with Crippen LogP contribution in [-0.2, 0) is 14.4 Å². The number of carboxylic acid groups (broad SMARTS) is 1. The third-order valence-corrected chi connectivity index (χ3v) is 3.28. The van der Waals surface area contributed by atoms with Crippen LogP contribution in [0.4, 0.5) is 0 Å². The smallest absolute Gasteiger partial charge is 0.307 e. The van der Waals surface area contributed by atoms with Gasteiger partial charge in [-0.3, -0.25) is 19.6 Å². The number of hydroxylamine groups is 1. The monoisotopic (exact) mass is 258 g/mol. The van der Waals surface area contributed by atoms with Crippen LogP contribution >= 0.6 is 0 Å². The van der Waals surface area contributed by atoms with E-state index in [1.807, 2.05) is 0 Å². The van der Waals surface area contributed by atoms with Crippen molar-refractivity contribution in [3.63, 3.8) is 0 Å². The topological polar surface area (TPSA) is 107 Å². The Morgan fingerprint density at radius 3 is 2.28 bits per heavy atom. The molecular formula is C11H18N2O5. The van der Waals surface area contributed by atoms with E-state index < -0.39 is 23.7 Å². The summed E-state index contributed by atoms with van der Waals surface area (Å²) in [6, 6.07) is 0. The second kappa shape index (κ2) is 6.34. The number of nitrogens with one attached hydrogen (secondary N) is 1. The zero-order valence-electron chi connectivity index (χ0n) is 10.3. The summed E-state index contributed by atoms with van der Waals surface area (Å²) in [6.07, 6.45) is 2.65. The van der Waals surface area contributed by atoms with E-state index >= 15 is 0 Å². The zero-order chi connectivity index (χ0) is 13.7. The second-order valence-corrected chi connectivity index (χ2v) is 4.56.